The van der Waals surface area contributed by atoms with Crippen LogP contribution in [0.1, 0.15) is 67.6 Å². The second-order valence-corrected chi connectivity index (χ2v) is 17.8. The highest BCUT2D eigenvalue weighted by Gasteiger charge is 2.33. The van der Waals surface area contributed by atoms with E-state index in [9.17, 15) is 0 Å². The van der Waals surface area contributed by atoms with Crippen LogP contribution in [0.3, 0.4) is 0 Å². The van der Waals surface area contributed by atoms with Crippen LogP contribution in [0.2, 0.25) is 0 Å². The fourth-order valence-corrected chi connectivity index (χ4v) is 12.4. The molecule has 55 heavy (non-hydrogen) atoms. The smallest absolute Gasteiger partial charge is 0.0551 e. The van der Waals surface area contributed by atoms with Crippen molar-refractivity contribution in [2.75, 3.05) is 4.90 Å². The largest absolute Gasteiger partial charge is 0.313 e. The number of benzene rings is 4. The summed E-state index contributed by atoms with van der Waals surface area (Å²) in [4.78, 5) is 4.05. The minimum Gasteiger partial charge on any atom is -0.313 e. The Bertz CT molecular complexity index is 2840. The number of thiophene rings is 1. The quantitative estimate of drug-likeness (QED) is 0.170. The number of rotatable bonds is 6. The van der Waals surface area contributed by atoms with E-state index in [1.54, 1.807) is 5.57 Å². The number of allylic oxidation sites excluding steroid dienone is 10. The molecule has 2 heterocycles. The van der Waals surface area contributed by atoms with Gasteiger partial charge < -0.3 is 4.90 Å². The molecule has 0 saturated heterocycles. The average molecular weight is 746 g/mol. The fourth-order valence-electron chi connectivity index (χ4n) is 9.65. The van der Waals surface area contributed by atoms with E-state index < -0.39 is 0 Å². The van der Waals surface area contributed by atoms with Gasteiger partial charge in [0.05, 0.1) is 4.53 Å². The average Bonchev–Trinajstić information content (AvgIpc) is 3.84. The summed E-state index contributed by atoms with van der Waals surface area (Å²) in [7, 11) is 0. The molecule has 0 saturated carbocycles. The Hall–Kier alpha value is -5.09. The minimum atomic E-state index is 0.374. The summed E-state index contributed by atoms with van der Waals surface area (Å²) in [6.45, 7) is 0. The summed E-state index contributed by atoms with van der Waals surface area (Å²) < 4.78 is 2.83. The Morgan fingerprint density at radius 3 is 2.36 bits per heavy atom. The summed E-state index contributed by atoms with van der Waals surface area (Å²) in [5, 5.41) is 6.04. The van der Waals surface area contributed by atoms with Crippen molar-refractivity contribution in [2.24, 2.45) is 5.92 Å². The Morgan fingerprint density at radius 2 is 1.49 bits per heavy atom. The molecule has 1 aliphatic heterocycles. The van der Waals surface area contributed by atoms with Gasteiger partial charge in [0.2, 0.25) is 0 Å². The molecule has 3 unspecified atom stereocenters. The van der Waals surface area contributed by atoms with E-state index in [4.69, 9.17) is 0 Å². The van der Waals surface area contributed by atoms with Crippen LogP contribution in [0.5, 0.6) is 0 Å². The first-order valence-electron chi connectivity index (χ1n) is 20.1. The molecular formula is C52H43NS2. The standard InChI is InChI=1S/C52H43NS2/c1-2-12-36(13-3-1)43-17-8-18-44-45-19-9-20-47(52(45)55-51(43)44)53(40-29-25-35(26-30-40)39-24-23-34-11-4-5-14-38(34)33-39)41-31-27-37(28-32-41)42-16-10-22-49-50(42)46-15-6-7-21-48(46)54-49/h2,4-8,10-19,21,23,25-27,29-33,37,39,49H,1,3,9,20,22,24,28H2. The minimum absolute atomic E-state index is 0.374. The topological polar surface area (TPSA) is 3.24 Å². The van der Waals surface area contributed by atoms with Crippen molar-refractivity contribution < 1.29 is 0 Å². The molecular weight excluding hydrogens is 703 g/mol. The Morgan fingerprint density at radius 1 is 0.636 bits per heavy atom. The Labute approximate surface area is 331 Å². The monoisotopic (exact) mass is 745 g/mol. The van der Waals surface area contributed by atoms with Crippen LogP contribution in [-0.2, 0) is 0 Å². The van der Waals surface area contributed by atoms with Gasteiger partial charge in [-0.25, -0.2) is 0 Å². The number of anilines is 1. The highest BCUT2D eigenvalue weighted by Crippen LogP contribution is 2.51. The van der Waals surface area contributed by atoms with Crippen molar-refractivity contribution in [3.8, 4) is 0 Å². The maximum atomic E-state index is 2.61. The van der Waals surface area contributed by atoms with Gasteiger partial charge in [0, 0.05) is 49.1 Å². The Balaban J connectivity index is 1.02. The van der Waals surface area contributed by atoms with E-state index >= 15 is 0 Å². The molecule has 5 aliphatic carbocycles. The lowest BCUT2D eigenvalue weighted by molar-refractivity contribution is 0.768. The lowest BCUT2D eigenvalue weighted by atomic mass is 9.81. The Kier molecular flexibility index (Phi) is 8.40. The molecule has 3 heteroatoms. The van der Waals surface area contributed by atoms with Crippen LogP contribution in [-0.4, -0.2) is 5.25 Å². The lowest BCUT2D eigenvalue weighted by Gasteiger charge is -2.32. The first-order chi connectivity index (χ1) is 27.3. The van der Waals surface area contributed by atoms with Gasteiger partial charge in [-0.15, -0.1) is 23.1 Å². The SMILES string of the molecule is C1=CC(c2cccc3c4c(sc23)=C(N(C2=CCC(C3=C5c6ccccc6SC5CC=C3)C=C2)c2ccc(C3C=c5ccccc5=CC3)cc2)CCC=4)=CCC1. The molecule has 5 aromatic rings. The van der Waals surface area contributed by atoms with Gasteiger partial charge in [-0.05, 0) is 118 Å². The normalized spacial score (nSPS) is 22.1. The molecule has 4 aromatic carbocycles. The van der Waals surface area contributed by atoms with Crippen LogP contribution in [0.25, 0.3) is 45.2 Å². The molecule has 0 radical (unpaired) electrons. The molecule has 0 N–H and O–H groups in total. The molecule has 268 valence electrons. The van der Waals surface area contributed by atoms with Crippen molar-refractivity contribution in [3.05, 3.63) is 188 Å². The van der Waals surface area contributed by atoms with Gasteiger partial charge >= 0.3 is 0 Å². The summed E-state index contributed by atoms with van der Waals surface area (Å²) in [5.74, 6) is 0.763. The van der Waals surface area contributed by atoms with Crippen molar-refractivity contribution in [1.29, 1.82) is 0 Å². The first kappa shape index (κ1) is 33.3. The van der Waals surface area contributed by atoms with E-state index in [0.29, 0.717) is 17.1 Å². The molecule has 3 atom stereocenters. The summed E-state index contributed by atoms with van der Waals surface area (Å²) in [5.41, 5.74) is 12.6. The van der Waals surface area contributed by atoms with Crippen molar-refractivity contribution in [1.82, 2.24) is 0 Å². The maximum Gasteiger partial charge on any atom is 0.0551 e. The zero-order valence-electron chi connectivity index (χ0n) is 31.0. The van der Waals surface area contributed by atoms with Crippen LogP contribution in [0.4, 0.5) is 5.69 Å². The van der Waals surface area contributed by atoms with Gasteiger partial charge in [0.25, 0.3) is 0 Å². The van der Waals surface area contributed by atoms with Crippen LogP contribution < -0.4 is 25.1 Å². The van der Waals surface area contributed by atoms with Crippen LogP contribution >= 0.6 is 23.1 Å². The van der Waals surface area contributed by atoms with Gasteiger partial charge in [0.1, 0.15) is 0 Å². The second-order valence-electron chi connectivity index (χ2n) is 15.6. The van der Waals surface area contributed by atoms with Gasteiger partial charge in [-0.1, -0.05) is 134 Å². The number of fused-ring (bicyclic) bond motifs is 7. The molecule has 6 aliphatic rings. The zero-order valence-corrected chi connectivity index (χ0v) is 32.6. The number of thioether (sulfide) groups is 1. The number of hydrogen-bond donors (Lipinski definition) is 0. The molecule has 1 nitrogen and oxygen atoms in total. The van der Waals surface area contributed by atoms with Gasteiger partial charge in [-0.3, -0.25) is 0 Å². The maximum absolute atomic E-state index is 2.61. The van der Waals surface area contributed by atoms with E-state index in [1.165, 1.54) is 80.1 Å². The molecule has 11 rings (SSSR count). The summed E-state index contributed by atoms with van der Waals surface area (Å²) >= 11 is 4.05. The highest BCUT2D eigenvalue weighted by molar-refractivity contribution is 8.00. The first-order valence-corrected chi connectivity index (χ1v) is 21.8. The van der Waals surface area contributed by atoms with E-state index in [-0.39, 0.29) is 0 Å². The predicted molar refractivity (Wildman–Crippen MR) is 238 cm³/mol. The summed E-state index contributed by atoms with van der Waals surface area (Å²) in [6.07, 6.45) is 34.2. The zero-order chi connectivity index (χ0) is 36.3. The fraction of sp³-hybridized carbons (Fsp3) is 0.192. The van der Waals surface area contributed by atoms with Crippen molar-refractivity contribution in [2.45, 2.75) is 61.0 Å². The van der Waals surface area contributed by atoms with Crippen LogP contribution in [0, 0.1) is 5.92 Å². The van der Waals surface area contributed by atoms with Gasteiger partial charge in [0.15, 0.2) is 0 Å². The predicted octanol–water partition coefficient (Wildman–Crippen LogP) is 10.9. The lowest BCUT2D eigenvalue weighted by Crippen LogP contribution is -2.34. The summed E-state index contributed by atoms with van der Waals surface area (Å²) in [6, 6.07) is 34.3. The van der Waals surface area contributed by atoms with E-state index in [2.05, 4.69) is 163 Å². The molecule has 1 aromatic heterocycles. The molecule has 0 spiro atoms. The van der Waals surface area contributed by atoms with E-state index in [1.807, 2.05) is 23.1 Å². The third kappa shape index (κ3) is 5.83. The second kappa shape index (κ2) is 13.9. The van der Waals surface area contributed by atoms with Crippen LogP contribution in [0.15, 0.2) is 156 Å². The third-order valence-electron chi connectivity index (χ3n) is 12.3. The third-order valence-corrected chi connectivity index (χ3v) is 15.0. The number of hydrogen-bond acceptors (Lipinski definition) is 3. The molecule has 0 fully saturated rings. The van der Waals surface area contributed by atoms with Crippen molar-refractivity contribution >= 4 is 73.9 Å². The molecule has 0 amide bonds. The highest BCUT2D eigenvalue weighted by atomic mass is 32.2. The van der Waals surface area contributed by atoms with E-state index in [0.717, 1.165) is 44.9 Å². The molecule has 0 bridgehead atoms. The number of nitrogens with zero attached hydrogens (tertiary/aromatic N) is 1. The van der Waals surface area contributed by atoms with Gasteiger partial charge in [-0.2, -0.15) is 0 Å². The van der Waals surface area contributed by atoms with Crippen molar-refractivity contribution in [3.63, 3.8) is 0 Å².